The minimum Gasteiger partial charge on any atom is -0.337 e. The first kappa shape index (κ1) is 17.3. The number of carbonyl (C=O) groups is 1. The van der Waals surface area contributed by atoms with Gasteiger partial charge in [0.2, 0.25) is 5.91 Å². The van der Waals surface area contributed by atoms with Crippen molar-refractivity contribution in [2.24, 2.45) is 0 Å². The van der Waals surface area contributed by atoms with Crippen LogP contribution in [-0.2, 0) is 16.8 Å². The normalized spacial score (nSPS) is 24.2. The van der Waals surface area contributed by atoms with E-state index in [0.717, 1.165) is 25.4 Å². The first-order valence-corrected chi connectivity index (χ1v) is 10.1. The molecule has 1 amide bonds. The van der Waals surface area contributed by atoms with Gasteiger partial charge < -0.3 is 4.90 Å². The minimum absolute atomic E-state index is 0.0538. The van der Waals surface area contributed by atoms with Crippen molar-refractivity contribution in [1.82, 2.24) is 4.90 Å². The Kier molecular flexibility index (Phi) is 4.84. The van der Waals surface area contributed by atoms with Crippen molar-refractivity contribution in [2.75, 3.05) is 6.54 Å². The lowest BCUT2D eigenvalue weighted by Gasteiger charge is -2.41. The van der Waals surface area contributed by atoms with Crippen LogP contribution >= 0.6 is 0 Å². The zero-order chi connectivity index (χ0) is 18.0. The fourth-order valence-corrected chi connectivity index (χ4v) is 4.77. The minimum atomic E-state index is 0.0538. The maximum absolute atomic E-state index is 12.6. The van der Waals surface area contributed by atoms with Crippen LogP contribution in [0, 0.1) is 0 Å². The van der Waals surface area contributed by atoms with Crippen LogP contribution in [0.4, 0.5) is 0 Å². The van der Waals surface area contributed by atoms with E-state index in [4.69, 9.17) is 0 Å². The van der Waals surface area contributed by atoms with Crippen LogP contribution in [-0.4, -0.2) is 17.4 Å². The summed E-state index contributed by atoms with van der Waals surface area (Å²) in [7, 11) is 0. The van der Waals surface area contributed by atoms with Crippen molar-refractivity contribution < 1.29 is 4.79 Å². The predicted molar refractivity (Wildman–Crippen MR) is 106 cm³/mol. The molecule has 0 aromatic heterocycles. The van der Waals surface area contributed by atoms with Crippen molar-refractivity contribution in [2.45, 2.75) is 63.3 Å². The molecule has 2 nitrogen and oxygen atoms in total. The van der Waals surface area contributed by atoms with Gasteiger partial charge in [-0.05, 0) is 41.9 Å². The summed E-state index contributed by atoms with van der Waals surface area (Å²) in [5.74, 6) is 1.02. The van der Waals surface area contributed by atoms with Crippen molar-refractivity contribution in [3.63, 3.8) is 0 Å². The van der Waals surface area contributed by atoms with Gasteiger partial charge in [-0.1, -0.05) is 74.4 Å². The maximum atomic E-state index is 12.6. The third kappa shape index (κ3) is 3.56. The molecule has 1 aliphatic heterocycles. The molecule has 0 spiro atoms. The monoisotopic (exact) mass is 347 g/mol. The number of carbonyl (C=O) groups excluding carboxylic acids is 1. The number of nitrogens with zero attached hydrogens (tertiary/aromatic N) is 1. The second kappa shape index (κ2) is 7.26. The Morgan fingerprint density at radius 1 is 1.04 bits per heavy atom. The number of hydrogen-bond donors (Lipinski definition) is 0. The Labute approximate surface area is 157 Å². The van der Waals surface area contributed by atoms with Crippen molar-refractivity contribution in [3.05, 3.63) is 71.3 Å². The summed E-state index contributed by atoms with van der Waals surface area (Å²) >= 11 is 0. The van der Waals surface area contributed by atoms with E-state index < -0.39 is 0 Å². The van der Waals surface area contributed by atoms with E-state index in [2.05, 4.69) is 66.4 Å². The molecule has 1 unspecified atom stereocenters. The van der Waals surface area contributed by atoms with E-state index >= 15 is 0 Å². The van der Waals surface area contributed by atoms with Crippen LogP contribution in [0.1, 0.15) is 68.1 Å². The summed E-state index contributed by atoms with van der Waals surface area (Å²) in [5, 5.41) is 0. The van der Waals surface area contributed by atoms with Gasteiger partial charge in [-0.15, -0.1) is 0 Å². The van der Waals surface area contributed by atoms with E-state index in [1.807, 2.05) is 0 Å². The standard InChI is InChI=1S/C24H29NO/c1-24(22-12-3-2-4-13-22)15-14-23(26)25(18-24)17-19-8-7-11-21(16-19)20-9-5-6-10-20/h2-4,7-8,11-13,16,20H,5-6,9-10,14-15,17-18H2,1H3. The molecule has 4 rings (SSSR count). The highest BCUT2D eigenvalue weighted by molar-refractivity contribution is 5.77. The Balaban J connectivity index is 1.51. The fourth-order valence-electron chi connectivity index (χ4n) is 4.77. The second-order valence-corrected chi connectivity index (χ2v) is 8.40. The lowest BCUT2D eigenvalue weighted by molar-refractivity contribution is -0.136. The summed E-state index contributed by atoms with van der Waals surface area (Å²) in [5.41, 5.74) is 4.14. The summed E-state index contributed by atoms with van der Waals surface area (Å²) in [6, 6.07) is 19.6. The summed E-state index contributed by atoms with van der Waals surface area (Å²) in [4.78, 5) is 14.7. The van der Waals surface area contributed by atoms with Crippen molar-refractivity contribution in [3.8, 4) is 0 Å². The molecule has 2 fully saturated rings. The van der Waals surface area contributed by atoms with Gasteiger partial charge in [-0.25, -0.2) is 0 Å². The van der Waals surface area contributed by atoms with Crippen LogP contribution in [0.3, 0.4) is 0 Å². The largest absolute Gasteiger partial charge is 0.337 e. The molecule has 2 heteroatoms. The number of piperidine rings is 1. The molecule has 1 aliphatic carbocycles. The molecule has 1 atom stereocenters. The highest BCUT2D eigenvalue weighted by Gasteiger charge is 2.36. The molecule has 0 bridgehead atoms. The summed E-state index contributed by atoms with van der Waals surface area (Å²) in [6.45, 7) is 3.85. The summed E-state index contributed by atoms with van der Waals surface area (Å²) in [6.07, 6.45) is 6.93. The van der Waals surface area contributed by atoms with Crippen molar-refractivity contribution in [1.29, 1.82) is 0 Å². The van der Waals surface area contributed by atoms with Gasteiger partial charge in [0.05, 0.1) is 0 Å². The van der Waals surface area contributed by atoms with E-state index in [1.165, 1.54) is 42.4 Å². The SMILES string of the molecule is CC1(c2ccccc2)CCC(=O)N(Cc2cccc(C3CCCC3)c2)C1. The van der Waals surface area contributed by atoms with Crippen LogP contribution < -0.4 is 0 Å². The molecule has 2 aromatic rings. The van der Waals surface area contributed by atoms with E-state index in [-0.39, 0.29) is 5.41 Å². The zero-order valence-corrected chi connectivity index (χ0v) is 15.8. The van der Waals surface area contributed by atoms with Gasteiger partial charge in [0.15, 0.2) is 0 Å². The van der Waals surface area contributed by atoms with Gasteiger partial charge in [0.1, 0.15) is 0 Å². The Morgan fingerprint density at radius 3 is 2.58 bits per heavy atom. The molecule has 2 aromatic carbocycles. The zero-order valence-electron chi connectivity index (χ0n) is 15.8. The first-order valence-electron chi connectivity index (χ1n) is 10.1. The number of hydrogen-bond acceptors (Lipinski definition) is 1. The Hall–Kier alpha value is -2.09. The molecule has 136 valence electrons. The van der Waals surface area contributed by atoms with E-state index in [0.29, 0.717) is 12.3 Å². The molecular weight excluding hydrogens is 318 g/mol. The lowest BCUT2D eigenvalue weighted by atomic mass is 9.75. The van der Waals surface area contributed by atoms with Gasteiger partial charge >= 0.3 is 0 Å². The number of rotatable bonds is 4. The van der Waals surface area contributed by atoms with Gasteiger partial charge in [0.25, 0.3) is 0 Å². The molecule has 26 heavy (non-hydrogen) atoms. The lowest BCUT2D eigenvalue weighted by Crippen LogP contribution is -2.47. The molecule has 1 saturated heterocycles. The fraction of sp³-hybridized carbons (Fsp3) is 0.458. The second-order valence-electron chi connectivity index (χ2n) is 8.40. The van der Waals surface area contributed by atoms with E-state index in [9.17, 15) is 4.79 Å². The molecular formula is C24H29NO. The Bertz CT molecular complexity index is 763. The molecule has 0 radical (unpaired) electrons. The van der Waals surface area contributed by atoms with Crippen LogP contribution in [0.5, 0.6) is 0 Å². The third-order valence-electron chi connectivity index (χ3n) is 6.40. The Morgan fingerprint density at radius 2 is 1.81 bits per heavy atom. The molecule has 2 aliphatic rings. The van der Waals surface area contributed by atoms with Gasteiger partial charge in [-0.3, -0.25) is 4.79 Å². The highest BCUT2D eigenvalue weighted by atomic mass is 16.2. The average molecular weight is 348 g/mol. The topological polar surface area (TPSA) is 20.3 Å². The number of benzene rings is 2. The highest BCUT2D eigenvalue weighted by Crippen LogP contribution is 2.36. The smallest absolute Gasteiger partial charge is 0.222 e. The van der Waals surface area contributed by atoms with Gasteiger partial charge in [0, 0.05) is 24.9 Å². The molecule has 0 N–H and O–H groups in total. The van der Waals surface area contributed by atoms with Gasteiger partial charge in [-0.2, -0.15) is 0 Å². The van der Waals surface area contributed by atoms with Crippen LogP contribution in [0.15, 0.2) is 54.6 Å². The molecule has 1 saturated carbocycles. The van der Waals surface area contributed by atoms with E-state index in [1.54, 1.807) is 0 Å². The number of amides is 1. The van der Waals surface area contributed by atoms with Crippen LogP contribution in [0.2, 0.25) is 0 Å². The predicted octanol–water partition coefficient (Wildman–Crippen LogP) is 5.42. The third-order valence-corrected chi connectivity index (χ3v) is 6.40. The van der Waals surface area contributed by atoms with Crippen LogP contribution in [0.25, 0.3) is 0 Å². The summed E-state index contributed by atoms with van der Waals surface area (Å²) < 4.78 is 0. The quantitative estimate of drug-likeness (QED) is 0.723. The average Bonchev–Trinajstić information content (AvgIpc) is 3.21. The maximum Gasteiger partial charge on any atom is 0.222 e. The molecule has 1 heterocycles. The number of likely N-dealkylation sites (tertiary alicyclic amines) is 1. The van der Waals surface area contributed by atoms with Crippen molar-refractivity contribution >= 4 is 5.91 Å². The first-order chi connectivity index (χ1) is 12.6.